The minimum atomic E-state index is -0.165. The van der Waals surface area contributed by atoms with Crippen LogP contribution in [0.2, 0.25) is 0 Å². The molecule has 2 unspecified atom stereocenters. The average molecular weight is 228 g/mol. The fourth-order valence-corrected chi connectivity index (χ4v) is 1.98. The maximum absolute atomic E-state index is 11.7. The van der Waals surface area contributed by atoms with E-state index in [9.17, 15) is 4.79 Å². The second-order valence-corrected chi connectivity index (χ2v) is 4.19. The monoisotopic (exact) mass is 228 g/mol. The molecule has 2 aromatic rings. The molecule has 1 amide bonds. The number of carbonyl (C=O) groups excluding carboxylic acids is 1. The highest BCUT2D eigenvalue weighted by Crippen LogP contribution is 2.40. The molecule has 0 bridgehead atoms. The highest BCUT2D eigenvalue weighted by molar-refractivity contribution is 5.92. The predicted molar refractivity (Wildman–Crippen MR) is 61.4 cm³/mol. The molecular weight excluding hydrogens is 216 g/mol. The van der Waals surface area contributed by atoms with Crippen molar-refractivity contribution >= 4 is 5.91 Å². The van der Waals surface area contributed by atoms with E-state index in [0.29, 0.717) is 11.6 Å². The molecule has 3 rings (SSSR count). The van der Waals surface area contributed by atoms with Crippen LogP contribution >= 0.6 is 0 Å². The first-order chi connectivity index (χ1) is 8.34. The van der Waals surface area contributed by atoms with E-state index in [1.54, 1.807) is 0 Å². The number of H-pyrrole nitrogens is 1. The van der Waals surface area contributed by atoms with E-state index in [1.165, 1.54) is 11.8 Å². The van der Waals surface area contributed by atoms with E-state index < -0.39 is 0 Å². The maximum Gasteiger partial charge on any atom is 0.273 e. The third-order valence-corrected chi connectivity index (χ3v) is 2.98. The van der Waals surface area contributed by atoms with Crippen molar-refractivity contribution in [2.75, 3.05) is 0 Å². The molecule has 5 heteroatoms. The quantitative estimate of drug-likeness (QED) is 0.826. The number of nitrogens with one attached hydrogen (secondary N) is 2. The number of carbonyl (C=O) groups is 1. The van der Waals surface area contributed by atoms with Crippen molar-refractivity contribution in [1.82, 2.24) is 20.7 Å². The van der Waals surface area contributed by atoms with Crippen molar-refractivity contribution < 1.29 is 4.79 Å². The molecular formula is C12H12N4O. The van der Waals surface area contributed by atoms with E-state index in [4.69, 9.17) is 0 Å². The van der Waals surface area contributed by atoms with Gasteiger partial charge in [-0.1, -0.05) is 30.3 Å². The molecule has 5 nitrogen and oxygen atoms in total. The zero-order valence-corrected chi connectivity index (χ0v) is 9.13. The number of hydrogen-bond acceptors (Lipinski definition) is 3. The summed E-state index contributed by atoms with van der Waals surface area (Å²) >= 11 is 0. The number of amides is 1. The Labute approximate surface area is 98.2 Å². The van der Waals surface area contributed by atoms with E-state index in [1.807, 2.05) is 18.2 Å². The first kappa shape index (κ1) is 10.0. The van der Waals surface area contributed by atoms with Crippen LogP contribution < -0.4 is 5.32 Å². The zero-order valence-electron chi connectivity index (χ0n) is 9.13. The van der Waals surface area contributed by atoms with Gasteiger partial charge in [-0.3, -0.25) is 4.79 Å². The van der Waals surface area contributed by atoms with Crippen LogP contribution in [-0.2, 0) is 0 Å². The lowest BCUT2D eigenvalue weighted by Gasteiger charge is -2.02. The van der Waals surface area contributed by atoms with Gasteiger partial charge in [-0.2, -0.15) is 15.4 Å². The topological polar surface area (TPSA) is 70.7 Å². The van der Waals surface area contributed by atoms with Crippen molar-refractivity contribution in [1.29, 1.82) is 0 Å². The van der Waals surface area contributed by atoms with Gasteiger partial charge in [-0.15, -0.1) is 0 Å². The number of rotatable bonds is 3. The van der Waals surface area contributed by atoms with Gasteiger partial charge in [0.25, 0.3) is 5.91 Å². The fraction of sp³-hybridized carbons (Fsp3) is 0.250. The Morgan fingerprint density at radius 3 is 2.88 bits per heavy atom. The summed E-state index contributed by atoms with van der Waals surface area (Å²) in [5, 5.41) is 12.7. The highest BCUT2D eigenvalue weighted by Gasteiger charge is 2.39. The van der Waals surface area contributed by atoms with Crippen LogP contribution in [0.25, 0.3) is 0 Å². The van der Waals surface area contributed by atoms with Crippen LogP contribution in [0.4, 0.5) is 0 Å². The summed E-state index contributed by atoms with van der Waals surface area (Å²) in [6, 6.07) is 10.4. The summed E-state index contributed by atoms with van der Waals surface area (Å²) in [4.78, 5) is 11.7. The zero-order chi connectivity index (χ0) is 11.7. The highest BCUT2D eigenvalue weighted by atomic mass is 16.2. The molecule has 1 aromatic carbocycles. The van der Waals surface area contributed by atoms with Crippen LogP contribution in [0.15, 0.2) is 36.5 Å². The summed E-state index contributed by atoms with van der Waals surface area (Å²) in [5.74, 6) is 0.272. The Kier molecular flexibility index (Phi) is 2.36. The molecule has 2 N–H and O–H groups in total. The predicted octanol–water partition coefficient (Wildman–Crippen LogP) is 1.09. The SMILES string of the molecule is O=C(NC1CC1c1ccccc1)c1cn[nH]n1. The molecule has 1 saturated carbocycles. The van der Waals surface area contributed by atoms with E-state index >= 15 is 0 Å². The Hall–Kier alpha value is -2.17. The lowest BCUT2D eigenvalue weighted by Crippen LogP contribution is -2.26. The molecule has 1 aliphatic rings. The molecule has 86 valence electrons. The maximum atomic E-state index is 11.7. The number of aromatic amines is 1. The lowest BCUT2D eigenvalue weighted by atomic mass is 10.1. The van der Waals surface area contributed by atoms with Crippen LogP contribution in [-0.4, -0.2) is 27.4 Å². The number of aromatic nitrogens is 3. The molecule has 0 spiro atoms. The first-order valence-electron chi connectivity index (χ1n) is 5.56. The Balaban J connectivity index is 1.61. The van der Waals surface area contributed by atoms with Crippen LogP contribution in [0, 0.1) is 0 Å². The summed E-state index contributed by atoms with van der Waals surface area (Å²) in [6.45, 7) is 0. The Morgan fingerprint density at radius 2 is 2.18 bits per heavy atom. The smallest absolute Gasteiger partial charge is 0.273 e. The molecule has 17 heavy (non-hydrogen) atoms. The van der Waals surface area contributed by atoms with Gasteiger partial charge in [0, 0.05) is 12.0 Å². The first-order valence-corrected chi connectivity index (χ1v) is 5.56. The van der Waals surface area contributed by atoms with Crippen LogP contribution in [0.5, 0.6) is 0 Å². The second kappa shape index (κ2) is 4.01. The molecule has 1 heterocycles. The molecule has 1 aliphatic carbocycles. The minimum absolute atomic E-state index is 0.165. The lowest BCUT2D eigenvalue weighted by molar-refractivity contribution is 0.0945. The van der Waals surface area contributed by atoms with Gasteiger partial charge in [-0.05, 0) is 12.0 Å². The third kappa shape index (κ3) is 2.04. The van der Waals surface area contributed by atoms with Crippen molar-refractivity contribution in [3.8, 4) is 0 Å². The number of nitrogens with zero attached hydrogens (tertiary/aromatic N) is 2. The largest absolute Gasteiger partial charge is 0.347 e. The standard InChI is InChI=1S/C12H12N4O/c17-12(11-7-13-16-15-11)14-10-6-9(10)8-4-2-1-3-5-8/h1-5,7,9-10H,6H2,(H,14,17)(H,13,15,16). The normalized spacial score (nSPS) is 22.1. The fourth-order valence-electron chi connectivity index (χ4n) is 1.98. The van der Waals surface area contributed by atoms with E-state index in [-0.39, 0.29) is 11.9 Å². The molecule has 0 radical (unpaired) electrons. The summed E-state index contributed by atoms with van der Waals surface area (Å²) in [5.41, 5.74) is 1.61. The minimum Gasteiger partial charge on any atom is -0.347 e. The van der Waals surface area contributed by atoms with Gasteiger partial charge in [0.1, 0.15) is 0 Å². The summed E-state index contributed by atoms with van der Waals surface area (Å²) < 4.78 is 0. The van der Waals surface area contributed by atoms with Gasteiger partial charge >= 0.3 is 0 Å². The van der Waals surface area contributed by atoms with Crippen LogP contribution in [0.3, 0.4) is 0 Å². The number of hydrogen-bond donors (Lipinski definition) is 2. The number of benzene rings is 1. The average Bonchev–Trinajstić information content (AvgIpc) is 2.92. The third-order valence-electron chi connectivity index (χ3n) is 2.98. The van der Waals surface area contributed by atoms with Gasteiger partial charge in [0.05, 0.1) is 6.20 Å². The van der Waals surface area contributed by atoms with Gasteiger partial charge in [0.15, 0.2) is 5.69 Å². The molecule has 2 atom stereocenters. The Morgan fingerprint density at radius 1 is 1.35 bits per heavy atom. The van der Waals surface area contributed by atoms with Crippen LogP contribution in [0.1, 0.15) is 28.4 Å². The van der Waals surface area contributed by atoms with Gasteiger partial charge in [0.2, 0.25) is 0 Å². The van der Waals surface area contributed by atoms with E-state index in [0.717, 1.165) is 6.42 Å². The molecule has 1 aromatic heterocycles. The summed E-state index contributed by atoms with van der Waals surface area (Å²) in [6.07, 6.45) is 2.42. The molecule has 1 fully saturated rings. The van der Waals surface area contributed by atoms with Crippen molar-refractivity contribution in [3.05, 3.63) is 47.8 Å². The van der Waals surface area contributed by atoms with Gasteiger partial charge in [-0.25, -0.2) is 0 Å². The second-order valence-electron chi connectivity index (χ2n) is 4.19. The van der Waals surface area contributed by atoms with E-state index in [2.05, 4.69) is 32.9 Å². The van der Waals surface area contributed by atoms with Crippen molar-refractivity contribution in [2.24, 2.45) is 0 Å². The molecule has 0 aliphatic heterocycles. The Bertz CT molecular complexity index is 509. The summed E-state index contributed by atoms with van der Waals surface area (Å²) in [7, 11) is 0. The van der Waals surface area contributed by atoms with Crippen molar-refractivity contribution in [2.45, 2.75) is 18.4 Å². The van der Waals surface area contributed by atoms with Crippen molar-refractivity contribution in [3.63, 3.8) is 0 Å². The molecule has 0 saturated heterocycles. The van der Waals surface area contributed by atoms with Gasteiger partial charge < -0.3 is 5.32 Å².